The predicted octanol–water partition coefficient (Wildman–Crippen LogP) is 1.37. The molecule has 0 spiro atoms. The third kappa shape index (κ3) is 2.91. The van der Waals surface area contributed by atoms with E-state index in [2.05, 4.69) is 20.6 Å². The SMILES string of the molecule is Clc1ccc2nc(CNCCn3ccnn3)cn2c1. The fourth-order valence-electron chi connectivity index (χ4n) is 1.86. The Morgan fingerprint density at radius 1 is 1.26 bits per heavy atom. The number of nitrogens with zero attached hydrogens (tertiary/aromatic N) is 5. The molecule has 6 nitrogen and oxygen atoms in total. The number of hydrogen-bond donors (Lipinski definition) is 1. The van der Waals surface area contributed by atoms with Crippen LogP contribution in [-0.2, 0) is 13.1 Å². The van der Waals surface area contributed by atoms with E-state index in [0.717, 1.165) is 24.4 Å². The second-order valence-electron chi connectivity index (χ2n) is 4.19. The molecule has 98 valence electrons. The van der Waals surface area contributed by atoms with E-state index in [1.54, 1.807) is 10.9 Å². The van der Waals surface area contributed by atoms with Gasteiger partial charge in [-0.1, -0.05) is 16.8 Å². The average Bonchev–Trinajstić information content (AvgIpc) is 3.02. The van der Waals surface area contributed by atoms with Crippen LogP contribution in [0.2, 0.25) is 5.02 Å². The van der Waals surface area contributed by atoms with Crippen molar-refractivity contribution in [3.63, 3.8) is 0 Å². The first-order chi connectivity index (χ1) is 9.31. The molecule has 3 aromatic heterocycles. The summed E-state index contributed by atoms with van der Waals surface area (Å²) in [5, 5.41) is 11.7. The maximum absolute atomic E-state index is 5.93. The number of fused-ring (bicyclic) bond motifs is 1. The Labute approximate surface area is 115 Å². The van der Waals surface area contributed by atoms with Gasteiger partial charge in [0.05, 0.1) is 23.5 Å². The van der Waals surface area contributed by atoms with E-state index < -0.39 is 0 Å². The van der Waals surface area contributed by atoms with Crippen LogP contribution < -0.4 is 5.32 Å². The summed E-state index contributed by atoms with van der Waals surface area (Å²) in [6, 6.07) is 3.74. The zero-order valence-electron chi connectivity index (χ0n) is 10.2. The molecule has 0 saturated heterocycles. The van der Waals surface area contributed by atoms with E-state index in [-0.39, 0.29) is 0 Å². The molecular weight excluding hydrogens is 264 g/mol. The second kappa shape index (κ2) is 5.38. The van der Waals surface area contributed by atoms with Gasteiger partial charge < -0.3 is 9.72 Å². The highest BCUT2D eigenvalue weighted by molar-refractivity contribution is 6.30. The summed E-state index contributed by atoms with van der Waals surface area (Å²) in [6.07, 6.45) is 7.34. The summed E-state index contributed by atoms with van der Waals surface area (Å²) in [5.74, 6) is 0. The highest BCUT2D eigenvalue weighted by atomic mass is 35.5. The van der Waals surface area contributed by atoms with Crippen LogP contribution in [0.3, 0.4) is 0 Å². The lowest BCUT2D eigenvalue weighted by Gasteiger charge is -2.01. The Morgan fingerprint density at radius 3 is 3.05 bits per heavy atom. The number of imidazole rings is 1. The first-order valence-corrected chi connectivity index (χ1v) is 6.37. The van der Waals surface area contributed by atoms with Crippen LogP contribution in [-0.4, -0.2) is 30.9 Å². The quantitative estimate of drug-likeness (QED) is 0.715. The van der Waals surface area contributed by atoms with Crippen molar-refractivity contribution in [1.82, 2.24) is 29.7 Å². The van der Waals surface area contributed by atoms with Crippen molar-refractivity contribution in [3.05, 3.63) is 47.6 Å². The largest absolute Gasteiger partial charge is 0.309 e. The maximum Gasteiger partial charge on any atom is 0.137 e. The summed E-state index contributed by atoms with van der Waals surface area (Å²) < 4.78 is 3.72. The minimum atomic E-state index is 0.704. The number of nitrogens with one attached hydrogen (secondary N) is 1. The molecule has 0 fully saturated rings. The molecule has 0 aliphatic carbocycles. The van der Waals surface area contributed by atoms with Crippen LogP contribution in [0.1, 0.15) is 5.69 Å². The minimum Gasteiger partial charge on any atom is -0.309 e. The molecule has 0 unspecified atom stereocenters. The van der Waals surface area contributed by atoms with Crippen LogP contribution in [0.4, 0.5) is 0 Å². The predicted molar refractivity (Wildman–Crippen MR) is 71.9 cm³/mol. The van der Waals surface area contributed by atoms with Crippen LogP contribution in [0.15, 0.2) is 36.9 Å². The normalized spacial score (nSPS) is 11.2. The Balaban J connectivity index is 1.56. The van der Waals surface area contributed by atoms with Crippen LogP contribution in [0.5, 0.6) is 0 Å². The highest BCUT2D eigenvalue weighted by Crippen LogP contribution is 2.11. The van der Waals surface area contributed by atoms with Crippen molar-refractivity contribution in [2.24, 2.45) is 0 Å². The van der Waals surface area contributed by atoms with E-state index in [4.69, 9.17) is 11.6 Å². The molecule has 0 saturated carbocycles. The molecule has 0 aliphatic rings. The number of pyridine rings is 1. The average molecular weight is 277 g/mol. The highest BCUT2D eigenvalue weighted by Gasteiger charge is 2.01. The van der Waals surface area contributed by atoms with E-state index in [0.29, 0.717) is 11.6 Å². The van der Waals surface area contributed by atoms with Crippen molar-refractivity contribution < 1.29 is 0 Å². The zero-order valence-corrected chi connectivity index (χ0v) is 11.0. The Kier molecular flexibility index (Phi) is 3.43. The molecule has 7 heteroatoms. The van der Waals surface area contributed by atoms with Gasteiger partial charge in [-0.3, -0.25) is 4.68 Å². The molecule has 3 heterocycles. The van der Waals surface area contributed by atoms with Crippen molar-refractivity contribution >= 4 is 17.2 Å². The first kappa shape index (κ1) is 12.1. The lowest BCUT2D eigenvalue weighted by Crippen LogP contribution is -2.20. The number of halogens is 1. The standard InChI is InChI=1S/C12H13ClN6/c13-10-1-2-12-16-11(9-18(12)8-10)7-14-3-5-19-6-4-15-17-19/h1-2,4,6,8-9,14H,3,5,7H2. The van der Waals surface area contributed by atoms with Crippen molar-refractivity contribution in [3.8, 4) is 0 Å². The number of hydrogen-bond acceptors (Lipinski definition) is 4. The van der Waals surface area contributed by atoms with Gasteiger partial charge in [0.15, 0.2) is 0 Å². The molecule has 0 radical (unpaired) electrons. The summed E-state index contributed by atoms with van der Waals surface area (Å²) in [6.45, 7) is 2.32. The second-order valence-corrected chi connectivity index (χ2v) is 4.62. The molecule has 0 bridgehead atoms. The van der Waals surface area contributed by atoms with Gasteiger partial charge in [-0.05, 0) is 12.1 Å². The van der Waals surface area contributed by atoms with Gasteiger partial charge in [-0.25, -0.2) is 4.98 Å². The fourth-order valence-corrected chi connectivity index (χ4v) is 2.03. The molecule has 0 atom stereocenters. The lowest BCUT2D eigenvalue weighted by atomic mass is 10.4. The molecule has 19 heavy (non-hydrogen) atoms. The summed E-state index contributed by atoms with van der Waals surface area (Å²) in [4.78, 5) is 4.50. The Hall–Kier alpha value is -1.92. The maximum atomic E-state index is 5.93. The zero-order chi connectivity index (χ0) is 13.1. The molecule has 3 rings (SSSR count). The third-order valence-corrected chi connectivity index (χ3v) is 2.98. The van der Waals surface area contributed by atoms with Crippen LogP contribution in [0.25, 0.3) is 5.65 Å². The van der Waals surface area contributed by atoms with Gasteiger partial charge in [0.25, 0.3) is 0 Å². The monoisotopic (exact) mass is 276 g/mol. The molecule has 3 aromatic rings. The van der Waals surface area contributed by atoms with Gasteiger partial charge in [-0.2, -0.15) is 0 Å². The van der Waals surface area contributed by atoms with Gasteiger partial charge in [-0.15, -0.1) is 5.10 Å². The van der Waals surface area contributed by atoms with Gasteiger partial charge in [0.2, 0.25) is 0 Å². The van der Waals surface area contributed by atoms with Crippen molar-refractivity contribution in [2.75, 3.05) is 6.54 Å². The van der Waals surface area contributed by atoms with E-state index in [1.165, 1.54) is 0 Å². The summed E-state index contributed by atoms with van der Waals surface area (Å²) in [7, 11) is 0. The molecule has 0 aromatic carbocycles. The Bertz CT molecular complexity index is 660. The topological polar surface area (TPSA) is 60.0 Å². The lowest BCUT2D eigenvalue weighted by molar-refractivity contribution is 0.538. The Morgan fingerprint density at radius 2 is 2.21 bits per heavy atom. The molecule has 0 aliphatic heterocycles. The van der Waals surface area contributed by atoms with Crippen molar-refractivity contribution in [2.45, 2.75) is 13.1 Å². The minimum absolute atomic E-state index is 0.704. The smallest absolute Gasteiger partial charge is 0.137 e. The van der Waals surface area contributed by atoms with Gasteiger partial charge in [0.1, 0.15) is 5.65 Å². The third-order valence-electron chi connectivity index (χ3n) is 2.76. The molecular formula is C12H13ClN6. The van der Waals surface area contributed by atoms with Crippen LogP contribution in [0, 0.1) is 0 Å². The van der Waals surface area contributed by atoms with Crippen molar-refractivity contribution in [1.29, 1.82) is 0 Å². The van der Waals surface area contributed by atoms with E-state index >= 15 is 0 Å². The fraction of sp³-hybridized carbons (Fsp3) is 0.250. The van der Waals surface area contributed by atoms with Gasteiger partial charge >= 0.3 is 0 Å². The number of rotatable bonds is 5. The van der Waals surface area contributed by atoms with Gasteiger partial charge in [0, 0.05) is 31.7 Å². The van der Waals surface area contributed by atoms with E-state index in [1.807, 2.05) is 35.1 Å². The van der Waals surface area contributed by atoms with E-state index in [9.17, 15) is 0 Å². The summed E-state index contributed by atoms with van der Waals surface area (Å²) in [5.41, 5.74) is 1.89. The number of aromatic nitrogens is 5. The van der Waals surface area contributed by atoms with Crippen LogP contribution >= 0.6 is 11.6 Å². The molecule has 1 N–H and O–H groups in total. The first-order valence-electron chi connectivity index (χ1n) is 5.99. The molecule has 0 amide bonds. The summed E-state index contributed by atoms with van der Waals surface area (Å²) >= 11 is 5.93.